The Morgan fingerprint density at radius 2 is 2.00 bits per heavy atom. The van der Waals surface area contributed by atoms with E-state index >= 15 is 0 Å². The van der Waals surface area contributed by atoms with Gasteiger partial charge in [0.05, 0.1) is 0 Å². The predicted octanol–water partition coefficient (Wildman–Crippen LogP) is 3.36. The number of aryl methyl sites for hydroxylation is 2. The molecule has 2 atom stereocenters. The van der Waals surface area contributed by atoms with Gasteiger partial charge in [0.2, 0.25) is 0 Å². The van der Waals surface area contributed by atoms with Crippen molar-refractivity contribution in [3.8, 4) is 0 Å². The average molecular weight is 249 g/mol. The fourth-order valence-corrected chi connectivity index (χ4v) is 2.31. The maximum Gasteiger partial charge on any atom is 0.0434 e. The molecule has 102 valence electrons. The van der Waals surface area contributed by atoms with Gasteiger partial charge in [0, 0.05) is 12.6 Å². The molecule has 0 fully saturated rings. The summed E-state index contributed by atoms with van der Waals surface area (Å²) in [6.45, 7) is 9.97. The first kappa shape index (κ1) is 15.2. The van der Waals surface area contributed by atoms with Crippen LogP contribution in [0.15, 0.2) is 18.2 Å². The molecule has 18 heavy (non-hydrogen) atoms. The van der Waals surface area contributed by atoms with Gasteiger partial charge in [-0.05, 0) is 50.8 Å². The molecular weight excluding hydrogens is 222 g/mol. The van der Waals surface area contributed by atoms with Gasteiger partial charge in [0.15, 0.2) is 0 Å². The Labute approximate surface area is 111 Å². The zero-order valence-electron chi connectivity index (χ0n) is 12.2. The second-order valence-electron chi connectivity index (χ2n) is 5.28. The van der Waals surface area contributed by atoms with Crippen LogP contribution in [0.1, 0.15) is 49.4 Å². The molecule has 0 bridgehead atoms. The number of benzene rings is 1. The van der Waals surface area contributed by atoms with E-state index in [0.29, 0.717) is 12.0 Å². The minimum Gasteiger partial charge on any atom is -0.396 e. The van der Waals surface area contributed by atoms with Crippen LogP contribution in [0.2, 0.25) is 0 Å². The first-order valence-corrected chi connectivity index (χ1v) is 6.99. The van der Waals surface area contributed by atoms with Crippen molar-refractivity contribution in [3.05, 3.63) is 34.9 Å². The SMILES string of the molecule is CCC(CCO)CNC(C)c1cc(C)ccc1C. The maximum absolute atomic E-state index is 9.00. The average Bonchev–Trinajstić information content (AvgIpc) is 2.37. The number of nitrogens with one attached hydrogen (secondary N) is 1. The number of aliphatic hydroxyl groups is 1. The van der Waals surface area contributed by atoms with Crippen LogP contribution in [0.4, 0.5) is 0 Å². The van der Waals surface area contributed by atoms with Gasteiger partial charge in [0.25, 0.3) is 0 Å². The zero-order valence-corrected chi connectivity index (χ0v) is 12.2. The fourth-order valence-electron chi connectivity index (χ4n) is 2.31. The highest BCUT2D eigenvalue weighted by Gasteiger charge is 2.11. The van der Waals surface area contributed by atoms with Crippen molar-refractivity contribution < 1.29 is 5.11 Å². The third-order valence-electron chi connectivity index (χ3n) is 3.73. The molecule has 0 saturated carbocycles. The number of rotatable bonds is 7. The lowest BCUT2D eigenvalue weighted by atomic mass is 9.98. The van der Waals surface area contributed by atoms with E-state index in [4.69, 9.17) is 5.11 Å². The molecule has 0 amide bonds. The minimum atomic E-state index is 0.290. The van der Waals surface area contributed by atoms with Crippen molar-refractivity contribution in [2.24, 2.45) is 5.92 Å². The number of aliphatic hydroxyl groups excluding tert-OH is 1. The van der Waals surface area contributed by atoms with Crippen molar-refractivity contribution in [2.75, 3.05) is 13.2 Å². The Balaban J connectivity index is 2.59. The molecule has 0 saturated heterocycles. The van der Waals surface area contributed by atoms with Crippen molar-refractivity contribution >= 4 is 0 Å². The lowest BCUT2D eigenvalue weighted by Crippen LogP contribution is -2.26. The highest BCUT2D eigenvalue weighted by atomic mass is 16.3. The van der Waals surface area contributed by atoms with Gasteiger partial charge in [-0.25, -0.2) is 0 Å². The van der Waals surface area contributed by atoms with Crippen LogP contribution >= 0.6 is 0 Å². The van der Waals surface area contributed by atoms with E-state index in [2.05, 4.69) is 51.2 Å². The standard InChI is InChI=1S/C16H27NO/c1-5-15(8-9-18)11-17-14(4)16-10-12(2)6-7-13(16)3/h6-7,10,14-15,17-18H,5,8-9,11H2,1-4H3. The molecule has 2 nitrogen and oxygen atoms in total. The van der Waals surface area contributed by atoms with Crippen molar-refractivity contribution in [1.82, 2.24) is 5.32 Å². The highest BCUT2D eigenvalue weighted by molar-refractivity contribution is 5.32. The van der Waals surface area contributed by atoms with Crippen LogP contribution < -0.4 is 5.32 Å². The second kappa shape index (κ2) is 7.55. The monoisotopic (exact) mass is 249 g/mol. The molecule has 0 aromatic heterocycles. The Morgan fingerprint density at radius 1 is 1.28 bits per heavy atom. The van der Waals surface area contributed by atoms with E-state index in [1.54, 1.807) is 0 Å². The van der Waals surface area contributed by atoms with E-state index in [1.807, 2.05) is 0 Å². The van der Waals surface area contributed by atoms with Crippen LogP contribution in [-0.4, -0.2) is 18.3 Å². The van der Waals surface area contributed by atoms with Crippen molar-refractivity contribution in [3.63, 3.8) is 0 Å². The summed E-state index contributed by atoms with van der Waals surface area (Å²) in [7, 11) is 0. The molecule has 2 N–H and O–H groups in total. The van der Waals surface area contributed by atoms with Gasteiger partial charge in [-0.2, -0.15) is 0 Å². The lowest BCUT2D eigenvalue weighted by molar-refractivity contribution is 0.249. The summed E-state index contributed by atoms with van der Waals surface area (Å²) >= 11 is 0. The van der Waals surface area contributed by atoms with Gasteiger partial charge in [-0.15, -0.1) is 0 Å². The Bertz CT molecular complexity index is 362. The number of hydrogen-bond acceptors (Lipinski definition) is 2. The van der Waals surface area contributed by atoms with Gasteiger partial charge >= 0.3 is 0 Å². The first-order chi connectivity index (χ1) is 8.58. The molecule has 0 aliphatic rings. The van der Waals surface area contributed by atoms with Crippen LogP contribution in [0.3, 0.4) is 0 Å². The Morgan fingerprint density at radius 3 is 2.61 bits per heavy atom. The van der Waals surface area contributed by atoms with Crippen LogP contribution in [0.25, 0.3) is 0 Å². The lowest BCUT2D eigenvalue weighted by Gasteiger charge is -2.21. The van der Waals surface area contributed by atoms with Gasteiger partial charge in [-0.1, -0.05) is 37.1 Å². The van der Waals surface area contributed by atoms with Crippen LogP contribution in [0.5, 0.6) is 0 Å². The molecule has 1 rings (SSSR count). The maximum atomic E-state index is 9.00. The van der Waals surface area contributed by atoms with Gasteiger partial charge < -0.3 is 10.4 Å². The zero-order chi connectivity index (χ0) is 13.5. The third-order valence-corrected chi connectivity index (χ3v) is 3.73. The summed E-state index contributed by atoms with van der Waals surface area (Å²) in [5.74, 6) is 0.572. The minimum absolute atomic E-state index is 0.290. The van der Waals surface area contributed by atoms with Crippen LogP contribution in [0, 0.1) is 19.8 Å². The van der Waals surface area contributed by atoms with E-state index in [0.717, 1.165) is 19.4 Å². The number of hydrogen-bond donors (Lipinski definition) is 2. The molecule has 0 aliphatic heterocycles. The quantitative estimate of drug-likeness (QED) is 0.776. The second-order valence-corrected chi connectivity index (χ2v) is 5.28. The largest absolute Gasteiger partial charge is 0.396 e. The summed E-state index contributed by atoms with van der Waals surface area (Å²) in [4.78, 5) is 0. The third kappa shape index (κ3) is 4.43. The van der Waals surface area contributed by atoms with E-state index in [9.17, 15) is 0 Å². The van der Waals surface area contributed by atoms with Crippen molar-refractivity contribution in [1.29, 1.82) is 0 Å². The molecule has 1 aromatic rings. The van der Waals surface area contributed by atoms with E-state index < -0.39 is 0 Å². The van der Waals surface area contributed by atoms with E-state index in [1.165, 1.54) is 16.7 Å². The molecule has 0 radical (unpaired) electrons. The first-order valence-electron chi connectivity index (χ1n) is 6.99. The molecule has 2 unspecified atom stereocenters. The Kier molecular flexibility index (Phi) is 6.37. The normalized spacial score (nSPS) is 14.5. The molecule has 2 heteroatoms. The fraction of sp³-hybridized carbons (Fsp3) is 0.625. The summed E-state index contributed by atoms with van der Waals surface area (Å²) in [6.07, 6.45) is 2.01. The highest BCUT2D eigenvalue weighted by Crippen LogP contribution is 2.19. The summed E-state index contributed by atoms with van der Waals surface area (Å²) in [5.41, 5.74) is 4.04. The summed E-state index contributed by atoms with van der Waals surface area (Å²) in [6, 6.07) is 6.98. The van der Waals surface area contributed by atoms with E-state index in [-0.39, 0.29) is 6.61 Å². The molecule has 0 heterocycles. The molecule has 0 spiro atoms. The predicted molar refractivity (Wildman–Crippen MR) is 77.8 cm³/mol. The molecule has 0 aliphatic carbocycles. The Hall–Kier alpha value is -0.860. The molecule has 1 aromatic carbocycles. The topological polar surface area (TPSA) is 32.3 Å². The summed E-state index contributed by atoms with van der Waals surface area (Å²) in [5, 5.41) is 12.6. The molecular formula is C16H27NO. The van der Waals surface area contributed by atoms with Crippen molar-refractivity contribution in [2.45, 2.75) is 46.6 Å². The van der Waals surface area contributed by atoms with Gasteiger partial charge in [0.1, 0.15) is 0 Å². The van der Waals surface area contributed by atoms with Gasteiger partial charge in [-0.3, -0.25) is 0 Å². The smallest absolute Gasteiger partial charge is 0.0434 e. The van der Waals surface area contributed by atoms with Crippen LogP contribution in [-0.2, 0) is 0 Å². The summed E-state index contributed by atoms with van der Waals surface area (Å²) < 4.78 is 0.